The summed E-state index contributed by atoms with van der Waals surface area (Å²) < 4.78 is 40.0. The van der Waals surface area contributed by atoms with Crippen molar-refractivity contribution in [2.24, 2.45) is 0 Å². The standard InChI is InChI=1S/C12H14F3N3O2.2ClH/c13-8-1-2-10(18(19)20)9(7-8)11(12(14)15)17-5-3-16-4-6-17;;/h1-2,7,11-12,16H,3-6H2;2*1H/t11-;;/m0../s1. The number of nitro groups is 1. The largest absolute Gasteiger partial charge is 0.314 e. The lowest BCUT2D eigenvalue weighted by atomic mass is 10.0. The molecule has 1 aromatic rings. The van der Waals surface area contributed by atoms with E-state index < -0.39 is 28.9 Å². The molecule has 0 radical (unpaired) electrons. The quantitative estimate of drug-likeness (QED) is 0.661. The van der Waals surface area contributed by atoms with Gasteiger partial charge in [-0.05, 0) is 12.1 Å². The van der Waals surface area contributed by atoms with E-state index in [1.54, 1.807) is 0 Å². The van der Waals surface area contributed by atoms with E-state index in [9.17, 15) is 23.3 Å². The summed E-state index contributed by atoms with van der Waals surface area (Å²) in [4.78, 5) is 11.6. The Balaban J connectivity index is 0.00000220. The molecule has 22 heavy (non-hydrogen) atoms. The Morgan fingerprint density at radius 2 is 1.82 bits per heavy atom. The van der Waals surface area contributed by atoms with Crippen molar-refractivity contribution in [2.45, 2.75) is 12.5 Å². The fourth-order valence-electron chi connectivity index (χ4n) is 2.38. The second kappa shape index (κ2) is 9.14. The Morgan fingerprint density at radius 3 is 2.32 bits per heavy atom. The summed E-state index contributed by atoms with van der Waals surface area (Å²) in [6.07, 6.45) is -2.83. The highest BCUT2D eigenvalue weighted by molar-refractivity contribution is 5.85. The fraction of sp³-hybridized carbons (Fsp3) is 0.500. The maximum absolute atomic E-state index is 13.3. The third kappa shape index (κ3) is 4.70. The van der Waals surface area contributed by atoms with E-state index in [0.29, 0.717) is 26.2 Å². The summed E-state index contributed by atoms with van der Waals surface area (Å²) in [5.41, 5.74) is -0.748. The molecule has 1 aliphatic heterocycles. The van der Waals surface area contributed by atoms with Crippen LogP contribution in [0.5, 0.6) is 0 Å². The molecule has 1 aromatic carbocycles. The molecular formula is C12H16Cl2F3N3O2. The summed E-state index contributed by atoms with van der Waals surface area (Å²) in [7, 11) is 0. The van der Waals surface area contributed by atoms with Gasteiger partial charge >= 0.3 is 0 Å². The van der Waals surface area contributed by atoms with Crippen LogP contribution < -0.4 is 5.32 Å². The Kier molecular flexibility index (Phi) is 8.69. The minimum absolute atomic E-state index is 0. The van der Waals surface area contributed by atoms with Crippen molar-refractivity contribution in [3.63, 3.8) is 0 Å². The number of nitrogens with zero attached hydrogens (tertiary/aromatic N) is 2. The van der Waals surface area contributed by atoms with Crippen LogP contribution in [0.15, 0.2) is 18.2 Å². The minimum atomic E-state index is -2.83. The number of hydrogen-bond donors (Lipinski definition) is 1. The molecular weight excluding hydrogens is 346 g/mol. The van der Waals surface area contributed by atoms with E-state index in [0.717, 1.165) is 18.2 Å². The van der Waals surface area contributed by atoms with Crippen LogP contribution in [0.2, 0.25) is 0 Å². The summed E-state index contributed by atoms with van der Waals surface area (Å²) in [5.74, 6) is -0.758. The second-order valence-electron chi connectivity index (χ2n) is 4.53. The van der Waals surface area contributed by atoms with E-state index >= 15 is 0 Å². The van der Waals surface area contributed by atoms with Gasteiger partial charge in [-0.1, -0.05) is 0 Å². The Morgan fingerprint density at radius 1 is 1.23 bits per heavy atom. The summed E-state index contributed by atoms with van der Waals surface area (Å²) >= 11 is 0. The molecule has 1 aliphatic rings. The van der Waals surface area contributed by atoms with Crippen molar-refractivity contribution in [1.29, 1.82) is 0 Å². The first-order valence-corrected chi connectivity index (χ1v) is 6.17. The van der Waals surface area contributed by atoms with E-state index in [1.807, 2.05) is 0 Å². The molecule has 126 valence electrons. The molecule has 1 saturated heterocycles. The summed E-state index contributed by atoms with van der Waals surface area (Å²) in [6.45, 7) is 1.71. The van der Waals surface area contributed by atoms with Crippen LogP contribution in [-0.2, 0) is 0 Å². The first-order valence-electron chi connectivity index (χ1n) is 6.17. The van der Waals surface area contributed by atoms with Gasteiger partial charge in [-0.25, -0.2) is 13.2 Å². The Hall–Kier alpha value is -1.09. The molecule has 5 nitrogen and oxygen atoms in total. The fourth-order valence-corrected chi connectivity index (χ4v) is 2.38. The zero-order valence-corrected chi connectivity index (χ0v) is 13.0. The molecule has 0 aliphatic carbocycles. The van der Waals surface area contributed by atoms with Gasteiger partial charge in [0.25, 0.3) is 12.1 Å². The maximum atomic E-state index is 13.3. The zero-order valence-electron chi connectivity index (χ0n) is 11.4. The van der Waals surface area contributed by atoms with Crippen molar-refractivity contribution >= 4 is 30.5 Å². The lowest BCUT2D eigenvalue weighted by molar-refractivity contribution is -0.386. The monoisotopic (exact) mass is 361 g/mol. The molecule has 2 rings (SSSR count). The zero-order chi connectivity index (χ0) is 14.7. The van der Waals surface area contributed by atoms with Crippen molar-refractivity contribution in [3.8, 4) is 0 Å². The van der Waals surface area contributed by atoms with Gasteiger partial charge in [-0.15, -0.1) is 24.8 Å². The van der Waals surface area contributed by atoms with Crippen LogP contribution in [0.1, 0.15) is 11.6 Å². The van der Waals surface area contributed by atoms with Gasteiger partial charge in [0, 0.05) is 32.2 Å². The lowest BCUT2D eigenvalue weighted by Gasteiger charge is -2.34. The molecule has 1 fully saturated rings. The molecule has 0 bridgehead atoms. The van der Waals surface area contributed by atoms with Crippen LogP contribution in [0.3, 0.4) is 0 Å². The number of halogens is 5. The molecule has 0 aromatic heterocycles. The third-order valence-electron chi connectivity index (χ3n) is 3.29. The molecule has 1 N–H and O–H groups in total. The van der Waals surface area contributed by atoms with Gasteiger partial charge in [0.1, 0.15) is 11.9 Å². The van der Waals surface area contributed by atoms with Crippen LogP contribution in [-0.4, -0.2) is 42.4 Å². The van der Waals surface area contributed by atoms with Gasteiger partial charge in [-0.3, -0.25) is 15.0 Å². The first-order chi connectivity index (χ1) is 9.50. The van der Waals surface area contributed by atoms with Crippen LogP contribution >= 0.6 is 24.8 Å². The normalized spacial score (nSPS) is 16.5. The van der Waals surface area contributed by atoms with Crippen molar-refractivity contribution in [3.05, 3.63) is 39.7 Å². The molecule has 0 unspecified atom stereocenters. The third-order valence-corrected chi connectivity index (χ3v) is 3.29. The highest BCUT2D eigenvalue weighted by atomic mass is 35.5. The van der Waals surface area contributed by atoms with E-state index in [4.69, 9.17) is 0 Å². The molecule has 0 saturated carbocycles. The average molecular weight is 362 g/mol. The Bertz CT molecular complexity index is 503. The second-order valence-corrected chi connectivity index (χ2v) is 4.53. The highest BCUT2D eigenvalue weighted by Gasteiger charge is 2.35. The molecule has 1 atom stereocenters. The van der Waals surface area contributed by atoms with Crippen LogP contribution in [0.25, 0.3) is 0 Å². The maximum Gasteiger partial charge on any atom is 0.274 e. The van der Waals surface area contributed by atoms with E-state index in [-0.39, 0.29) is 30.4 Å². The highest BCUT2D eigenvalue weighted by Crippen LogP contribution is 2.34. The average Bonchev–Trinajstić information content (AvgIpc) is 2.39. The number of benzene rings is 1. The van der Waals surface area contributed by atoms with Crippen molar-refractivity contribution in [2.75, 3.05) is 26.2 Å². The van der Waals surface area contributed by atoms with Gasteiger partial charge in [0.05, 0.1) is 10.5 Å². The van der Waals surface area contributed by atoms with Crippen molar-refractivity contribution in [1.82, 2.24) is 10.2 Å². The number of nitrogens with one attached hydrogen (secondary N) is 1. The van der Waals surface area contributed by atoms with E-state index in [2.05, 4.69) is 5.32 Å². The molecule has 10 heteroatoms. The van der Waals surface area contributed by atoms with Crippen LogP contribution in [0, 0.1) is 15.9 Å². The number of hydrogen-bond acceptors (Lipinski definition) is 4. The van der Waals surface area contributed by atoms with Crippen molar-refractivity contribution < 1.29 is 18.1 Å². The van der Waals surface area contributed by atoms with Gasteiger partial charge < -0.3 is 5.32 Å². The number of rotatable bonds is 4. The van der Waals surface area contributed by atoms with Crippen LogP contribution in [0.4, 0.5) is 18.9 Å². The molecule has 0 amide bonds. The van der Waals surface area contributed by atoms with Gasteiger partial charge in [0.2, 0.25) is 0 Å². The molecule has 0 spiro atoms. The number of piperazine rings is 1. The number of alkyl halides is 2. The summed E-state index contributed by atoms with van der Waals surface area (Å²) in [5, 5.41) is 14.0. The smallest absolute Gasteiger partial charge is 0.274 e. The van der Waals surface area contributed by atoms with Gasteiger partial charge in [-0.2, -0.15) is 0 Å². The first kappa shape index (κ1) is 20.9. The predicted molar refractivity (Wildman–Crippen MR) is 80.7 cm³/mol. The molecule has 1 heterocycles. The SMILES string of the molecule is Cl.Cl.O=[N+]([O-])c1ccc(F)cc1[C@@H](C(F)F)N1CCNCC1. The van der Waals surface area contributed by atoms with Gasteiger partial charge in [0.15, 0.2) is 0 Å². The minimum Gasteiger partial charge on any atom is -0.314 e. The topological polar surface area (TPSA) is 58.4 Å². The lowest BCUT2D eigenvalue weighted by Crippen LogP contribution is -2.47. The Labute approximate surface area is 137 Å². The van der Waals surface area contributed by atoms with E-state index in [1.165, 1.54) is 4.90 Å². The predicted octanol–water partition coefficient (Wildman–Crippen LogP) is 2.79. The number of nitro benzene ring substituents is 1. The summed E-state index contributed by atoms with van der Waals surface area (Å²) in [6, 6.07) is 1.20.